The Kier molecular flexibility index (Phi) is 3.33. The van der Waals surface area contributed by atoms with E-state index in [4.69, 9.17) is 4.74 Å². The Morgan fingerprint density at radius 1 is 1.59 bits per heavy atom. The number of nitrogens with one attached hydrogen (secondary N) is 1. The summed E-state index contributed by atoms with van der Waals surface area (Å²) < 4.78 is 9.04. The van der Waals surface area contributed by atoms with Gasteiger partial charge >= 0.3 is 5.97 Å². The van der Waals surface area contributed by atoms with Gasteiger partial charge < -0.3 is 10.1 Å². The zero-order valence-corrected chi connectivity index (χ0v) is 11.1. The van der Waals surface area contributed by atoms with Gasteiger partial charge in [-0.25, -0.2) is 4.98 Å². The minimum absolute atomic E-state index is 0.225. The Morgan fingerprint density at radius 2 is 2.29 bits per heavy atom. The van der Waals surface area contributed by atoms with Crippen LogP contribution in [0.25, 0.3) is 0 Å². The number of hydrogen-bond acceptors (Lipinski definition) is 6. The van der Waals surface area contributed by atoms with E-state index >= 15 is 0 Å². The van der Waals surface area contributed by atoms with Gasteiger partial charge in [0.1, 0.15) is 5.82 Å². The van der Waals surface area contributed by atoms with Crippen molar-refractivity contribution >= 4 is 22.6 Å². The smallest absolute Gasteiger partial charge is 0.313 e. The highest BCUT2D eigenvalue weighted by Crippen LogP contribution is 2.39. The summed E-state index contributed by atoms with van der Waals surface area (Å²) in [4.78, 5) is 15.9. The molecule has 0 amide bonds. The molecule has 0 aromatic carbocycles. The Hall–Kier alpha value is -1.17. The second-order valence-electron chi connectivity index (χ2n) is 4.96. The van der Waals surface area contributed by atoms with Crippen molar-refractivity contribution in [3.63, 3.8) is 0 Å². The summed E-state index contributed by atoms with van der Waals surface area (Å²) in [5.74, 6) is 1.28. The molecule has 1 aliphatic rings. The summed E-state index contributed by atoms with van der Waals surface area (Å²) in [5, 5.41) is 3.93. The van der Waals surface area contributed by atoms with Crippen LogP contribution in [0.15, 0.2) is 0 Å². The minimum atomic E-state index is -0.555. The maximum absolute atomic E-state index is 11.5. The summed E-state index contributed by atoms with van der Waals surface area (Å²) >= 11 is 1.35. The quantitative estimate of drug-likeness (QED) is 0.816. The normalized spacial score (nSPS) is 15.7. The topological polar surface area (TPSA) is 64.1 Å². The first kappa shape index (κ1) is 12.3. The van der Waals surface area contributed by atoms with Gasteiger partial charge in [-0.1, -0.05) is 0 Å². The Morgan fingerprint density at radius 3 is 2.88 bits per heavy atom. The minimum Gasteiger partial charge on any atom is -0.469 e. The van der Waals surface area contributed by atoms with Crippen molar-refractivity contribution in [3.05, 3.63) is 5.82 Å². The van der Waals surface area contributed by atoms with Crippen molar-refractivity contribution in [2.75, 3.05) is 19.0 Å². The van der Waals surface area contributed by atoms with Crippen molar-refractivity contribution < 1.29 is 9.53 Å². The number of carbonyl (C=O) groups is 1. The monoisotopic (exact) mass is 255 g/mol. The van der Waals surface area contributed by atoms with Gasteiger partial charge in [-0.2, -0.15) is 4.37 Å². The fourth-order valence-corrected chi connectivity index (χ4v) is 2.10. The van der Waals surface area contributed by atoms with Gasteiger partial charge in [-0.3, -0.25) is 4.79 Å². The predicted octanol–water partition coefficient (Wildman–Crippen LogP) is 2.03. The van der Waals surface area contributed by atoms with Gasteiger partial charge in [0.15, 0.2) is 0 Å². The van der Waals surface area contributed by atoms with E-state index in [1.54, 1.807) is 0 Å². The standard InChI is InChI=1S/C11H17N3O2S/c1-11(2,9(15)16-3)6-12-10-13-8(14-17-10)7-4-5-7/h7H,4-6H2,1-3H3,(H,12,13,14). The molecule has 1 aliphatic carbocycles. The van der Waals surface area contributed by atoms with Crippen LogP contribution in [0, 0.1) is 5.41 Å². The Balaban J connectivity index is 1.90. The second kappa shape index (κ2) is 4.60. The van der Waals surface area contributed by atoms with Crippen LogP contribution in [-0.4, -0.2) is 29.0 Å². The van der Waals surface area contributed by atoms with Crippen LogP contribution >= 0.6 is 11.5 Å². The summed E-state index contributed by atoms with van der Waals surface area (Å²) in [6.07, 6.45) is 2.40. The third-order valence-electron chi connectivity index (χ3n) is 2.80. The average Bonchev–Trinajstić information content (AvgIpc) is 3.05. The summed E-state index contributed by atoms with van der Waals surface area (Å²) in [6, 6.07) is 0. The first-order valence-electron chi connectivity index (χ1n) is 5.69. The molecule has 0 unspecified atom stereocenters. The zero-order valence-electron chi connectivity index (χ0n) is 10.3. The number of anilines is 1. The first-order valence-corrected chi connectivity index (χ1v) is 6.46. The second-order valence-corrected chi connectivity index (χ2v) is 5.71. The molecule has 6 heteroatoms. The first-order chi connectivity index (χ1) is 8.03. The molecule has 0 atom stereocenters. The van der Waals surface area contributed by atoms with E-state index in [1.807, 2.05) is 13.8 Å². The largest absolute Gasteiger partial charge is 0.469 e. The molecule has 0 spiro atoms. The highest BCUT2D eigenvalue weighted by Gasteiger charge is 2.30. The van der Waals surface area contributed by atoms with Crippen LogP contribution in [0.4, 0.5) is 5.13 Å². The molecule has 1 saturated carbocycles. The van der Waals surface area contributed by atoms with Crippen LogP contribution < -0.4 is 5.32 Å². The maximum Gasteiger partial charge on any atom is 0.313 e. The molecule has 1 aromatic heterocycles. The van der Waals surface area contributed by atoms with Crippen molar-refractivity contribution in [1.29, 1.82) is 0 Å². The lowest BCUT2D eigenvalue weighted by Gasteiger charge is -2.21. The molecule has 2 rings (SSSR count). The highest BCUT2D eigenvalue weighted by molar-refractivity contribution is 7.09. The number of carbonyl (C=O) groups excluding carboxylic acids is 1. The van der Waals surface area contributed by atoms with E-state index in [0.29, 0.717) is 12.5 Å². The van der Waals surface area contributed by atoms with Crippen LogP contribution in [0.5, 0.6) is 0 Å². The van der Waals surface area contributed by atoms with E-state index in [1.165, 1.54) is 31.5 Å². The fraction of sp³-hybridized carbons (Fsp3) is 0.727. The average molecular weight is 255 g/mol. The van der Waals surface area contributed by atoms with E-state index < -0.39 is 5.41 Å². The lowest BCUT2D eigenvalue weighted by atomic mass is 9.94. The number of nitrogens with zero attached hydrogens (tertiary/aromatic N) is 2. The van der Waals surface area contributed by atoms with E-state index in [9.17, 15) is 4.79 Å². The van der Waals surface area contributed by atoms with Gasteiger partial charge in [0.2, 0.25) is 5.13 Å². The Bertz CT molecular complexity index is 413. The molecule has 1 N–H and O–H groups in total. The molecule has 5 nitrogen and oxygen atoms in total. The molecule has 0 aliphatic heterocycles. The number of hydrogen-bond donors (Lipinski definition) is 1. The third-order valence-corrected chi connectivity index (χ3v) is 3.49. The van der Waals surface area contributed by atoms with E-state index in [0.717, 1.165) is 11.0 Å². The molecule has 1 heterocycles. The fourth-order valence-electron chi connectivity index (χ4n) is 1.46. The molecular formula is C11H17N3O2S. The van der Waals surface area contributed by atoms with Crippen molar-refractivity contribution in [1.82, 2.24) is 9.36 Å². The summed E-state index contributed by atoms with van der Waals surface area (Å²) in [5.41, 5.74) is -0.555. The van der Waals surface area contributed by atoms with Crippen LogP contribution in [-0.2, 0) is 9.53 Å². The number of esters is 1. The van der Waals surface area contributed by atoms with Crippen molar-refractivity contribution in [3.8, 4) is 0 Å². The number of ether oxygens (including phenoxy) is 1. The maximum atomic E-state index is 11.5. The summed E-state index contributed by atoms with van der Waals surface area (Å²) in [6.45, 7) is 4.18. The van der Waals surface area contributed by atoms with Gasteiger partial charge in [-0.15, -0.1) is 0 Å². The molecule has 1 fully saturated rings. The van der Waals surface area contributed by atoms with Crippen LogP contribution in [0.1, 0.15) is 38.4 Å². The molecule has 94 valence electrons. The predicted molar refractivity (Wildman–Crippen MR) is 66.2 cm³/mol. The van der Waals surface area contributed by atoms with Gasteiger partial charge in [0.05, 0.1) is 12.5 Å². The highest BCUT2D eigenvalue weighted by atomic mass is 32.1. The molecule has 1 aromatic rings. The molecule has 0 bridgehead atoms. The molecular weight excluding hydrogens is 238 g/mol. The van der Waals surface area contributed by atoms with E-state index in [-0.39, 0.29) is 5.97 Å². The zero-order chi connectivity index (χ0) is 12.5. The molecule has 0 radical (unpaired) electrons. The number of rotatable bonds is 5. The Labute approximate surface area is 105 Å². The van der Waals surface area contributed by atoms with Gasteiger partial charge in [0.25, 0.3) is 0 Å². The number of aromatic nitrogens is 2. The lowest BCUT2D eigenvalue weighted by Crippen LogP contribution is -2.33. The number of methoxy groups -OCH3 is 1. The SMILES string of the molecule is COC(=O)C(C)(C)CNc1nc(C2CC2)ns1. The van der Waals surface area contributed by atoms with Crippen molar-refractivity contribution in [2.45, 2.75) is 32.6 Å². The molecule has 0 saturated heterocycles. The van der Waals surface area contributed by atoms with E-state index in [2.05, 4.69) is 14.7 Å². The third kappa shape index (κ3) is 2.94. The van der Waals surface area contributed by atoms with Crippen LogP contribution in [0.3, 0.4) is 0 Å². The van der Waals surface area contributed by atoms with Crippen LogP contribution in [0.2, 0.25) is 0 Å². The molecule has 17 heavy (non-hydrogen) atoms. The van der Waals surface area contributed by atoms with Crippen molar-refractivity contribution in [2.24, 2.45) is 5.41 Å². The van der Waals surface area contributed by atoms with Gasteiger partial charge in [0, 0.05) is 24.0 Å². The lowest BCUT2D eigenvalue weighted by molar-refractivity contribution is -0.149. The van der Waals surface area contributed by atoms with Gasteiger partial charge in [-0.05, 0) is 26.7 Å². The summed E-state index contributed by atoms with van der Waals surface area (Å²) in [7, 11) is 1.40.